The van der Waals surface area contributed by atoms with E-state index in [1.165, 1.54) is 11.3 Å². The summed E-state index contributed by atoms with van der Waals surface area (Å²) in [6.45, 7) is 8.53. The molecule has 1 nitrogen and oxygen atoms in total. The molecule has 0 atom stereocenters. The standard InChI is InChI=1S/C17H21F3NSi/c1-12-10-13(17(18,19)20)6-8-15(12)16-9-7-14(11-21(16)2)22(3,4)5/h6-11H,1-5H3/q+1. The molecule has 22 heavy (non-hydrogen) atoms. The first-order chi connectivity index (χ1) is 10.00. The molecule has 0 unspecified atom stereocenters. The van der Waals surface area contributed by atoms with Crippen LogP contribution < -0.4 is 9.75 Å². The number of alkyl halides is 3. The number of benzene rings is 1. The Balaban J connectivity index is 2.49. The van der Waals surface area contributed by atoms with Crippen molar-refractivity contribution in [2.45, 2.75) is 32.7 Å². The summed E-state index contributed by atoms with van der Waals surface area (Å²) in [7, 11) is 0.535. The number of hydrogen-bond acceptors (Lipinski definition) is 0. The average molecular weight is 324 g/mol. The molecule has 0 amide bonds. The Hall–Kier alpha value is -1.62. The number of pyridine rings is 1. The van der Waals surface area contributed by atoms with Crippen molar-refractivity contribution in [3.8, 4) is 11.3 Å². The quantitative estimate of drug-likeness (QED) is 0.579. The van der Waals surface area contributed by atoms with Crippen molar-refractivity contribution in [1.29, 1.82) is 0 Å². The van der Waals surface area contributed by atoms with Crippen molar-refractivity contribution >= 4 is 13.3 Å². The molecular weight excluding hydrogens is 303 g/mol. The van der Waals surface area contributed by atoms with Crippen LogP contribution in [0.1, 0.15) is 11.1 Å². The van der Waals surface area contributed by atoms with Gasteiger partial charge in [-0.1, -0.05) is 25.7 Å². The lowest BCUT2D eigenvalue weighted by Gasteiger charge is -2.15. The number of rotatable bonds is 2. The molecule has 1 heterocycles. The second-order valence-electron chi connectivity index (χ2n) is 6.69. The summed E-state index contributed by atoms with van der Waals surface area (Å²) in [6, 6.07) is 8.01. The van der Waals surface area contributed by atoms with Gasteiger partial charge in [-0.3, -0.25) is 0 Å². The third-order valence-corrected chi connectivity index (χ3v) is 5.86. The van der Waals surface area contributed by atoms with Crippen LogP contribution in [0.25, 0.3) is 11.3 Å². The Morgan fingerprint density at radius 1 is 1.00 bits per heavy atom. The molecule has 0 saturated heterocycles. The highest BCUT2D eigenvalue weighted by Gasteiger charge is 2.31. The molecule has 0 radical (unpaired) electrons. The maximum atomic E-state index is 12.8. The van der Waals surface area contributed by atoms with Gasteiger partial charge in [-0.15, -0.1) is 0 Å². The highest BCUT2D eigenvalue weighted by atomic mass is 28.3. The van der Waals surface area contributed by atoms with E-state index in [2.05, 4.69) is 31.9 Å². The van der Waals surface area contributed by atoms with Crippen LogP contribution in [0.5, 0.6) is 0 Å². The molecule has 0 saturated carbocycles. The summed E-state index contributed by atoms with van der Waals surface area (Å²) < 4.78 is 40.3. The third kappa shape index (κ3) is 3.40. The normalized spacial score (nSPS) is 12.5. The summed E-state index contributed by atoms with van der Waals surface area (Å²) in [5, 5.41) is 1.32. The SMILES string of the molecule is Cc1cc(C(F)(F)F)ccc1-c1ccc([Si](C)(C)C)c[n+]1C. The number of nitrogens with zero attached hydrogens (tertiary/aromatic N) is 1. The van der Waals surface area contributed by atoms with Crippen LogP contribution in [0.15, 0.2) is 36.5 Å². The van der Waals surface area contributed by atoms with Crippen LogP contribution in [-0.2, 0) is 13.2 Å². The second-order valence-corrected chi connectivity index (χ2v) is 11.8. The minimum atomic E-state index is -4.30. The van der Waals surface area contributed by atoms with Crippen LogP contribution in [0.4, 0.5) is 13.2 Å². The van der Waals surface area contributed by atoms with Crippen LogP contribution in [-0.4, -0.2) is 8.07 Å². The number of aromatic nitrogens is 1. The van der Waals surface area contributed by atoms with E-state index in [0.717, 1.165) is 17.3 Å². The summed E-state index contributed by atoms with van der Waals surface area (Å²) >= 11 is 0. The zero-order valence-electron chi connectivity index (χ0n) is 13.5. The molecular formula is C17H21F3NSi+. The monoisotopic (exact) mass is 324 g/mol. The summed E-state index contributed by atoms with van der Waals surface area (Å²) in [5.74, 6) is 0. The lowest BCUT2D eigenvalue weighted by Crippen LogP contribution is -2.44. The predicted octanol–water partition coefficient (Wildman–Crippen LogP) is 4.05. The topological polar surface area (TPSA) is 3.88 Å². The van der Waals surface area contributed by atoms with Gasteiger partial charge in [0.1, 0.15) is 7.05 Å². The van der Waals surface area contributed by atoms with Gasteiger partial charge in [0.2, 0.25) is 5.69 Å². The maximum Gasteiger partial charge on any atom is 0.416 e. The molecule has 0 aliphatic carbocycles. The van der Waals surface area contributed by atoms with Gasteiger partial charge < -0.3 is 0 Å². The van der Waals surface area contributed by atoms with Crippen LogP contribution in [0, 0.1) is 6.92 Å². The third-order valence-electron chi connectivity index (χ3n) is 3.83. The second kappa shape index (κ2) is 5.54. The van der Waals surface area contributed by atoms with Gasteiger partial charge in [-0.2, -0.15) is 13.2 Å². The minimum Gasteiger partial charge on any atom is -0.201 e. The van der Waals surface area contributed by atoms with Crippen molar-refractivity contribution < 1.29 is 17.7 Å². The fourth-order valence-corrected chi connectivity index (χ4v) is 3.62. The average Bonchev–Trinajstić information content (AvgIpc) is 2.37. The predicted molar refractivity (Wildman–Crippen MR) is 85.8 cm³/mol. The van der Waals surface area contributed by atoms with E-state index in [9.17, 15) is 13.2 Å². The van der Waals surface area contributed by atoms with Gasteiger partial charge in [-0.25, -0.2) is 4.57 Å². The van der Waals surface area contributed by atoms with E-state index >= 15 is 0 Å². The van der Waals surface area contributed by atoms with E-state index in [0.29, 0.717) is 5.56 Å². The van der Waals surface area contributed by atoms with Gasteiger partial charge >= 0.3 is 6.18 Å². The van der Waals surface area contributed by atoms with Gasteiger partial charge in [0.15, 0.2) is 6.20 Å². The largest absolute Gasteiger partial charge is 0.416 e. The van der Waals surface area contributed by atoms with Crippen LogP contribution in [0.2, 0.25) is 19.6 Å². The highest BCUT2D eigenvalue weighted by molar-refractivity contribution is 6.88. The van der Waals surface area contributed by atoms with Crippen molar-refractivity contribution in [2.75, 3.05) is 0 Å². The first-order valence-electron chi connectivity index (χ1n) is 7.18. The van der Waals surface area contributed by atoms with Gasteiger partial charge in [0, 0.05) is 16.8 Å². The zero-order chi connectivity index (χ0) is 16.7. The van der Waals surface area contributed by atoms with Gasteiger partial charge in [-0.05, 0) is 30.7 Å². The molecule has 0 aliphatic heterocycles. The van der Waals surface area contributed by atoms with Gasteiger partial charge in [0.05, 0.1) is 13.6 Å². The molecule has 0 fully saturated rings. The zero-order valence-corrected chi connectivity index (χ0v) is 14.5. The number of hydrogen-bond donors (Lipinski definition) is 0. The Morgan fingerprint density at radius 2 is 1.64 bits per heavy atom. The van der Waals surface area contributed by atoms with E-state index in [1.54, 1.807) is 13.0 Å². The van der Waals surface area contributed by atoms with Crippen molar-refractivity contribution in [3.63, 3.8) is 0 Å². The molecule has 2 aromatic rings. The first-order valence-corrected chi connectivity index (χ1v) is 10.7. The maximum absolute atomic E-state index is 12.8. The molecule has 0 N–H and O–H groups in total. The highest BCUT2D eigenvalue weighted by Crippen LogP contribution is 2.32. The molecule has 0 aliphatic rings. The molecule has 1 aromatic carbocycles. The molecule has 118 valence electrons. The smallest absolute Gasteiger partial charge is 0.201 e. The summed E-state index contributed by atoms with van der Waals surface area (Å²) in [5.41, 5.74) is 1.78. The van der Waals surface area contributed by atoms with Crippen molar-refractivity contribution in [1.82, 2.24) is 0 Å². The molecule has 0 bridgehead atoms. The summed E-state index contributed by atoms with van der Waals surface area (Å²) in [4.78, 5) is 0. The van der Waals surface area contributed by atoms with Crippen molar-refractivity contribution in [3.05, 3.63) is 47.7 Å². The van der Waals surface area contributed by atoms with E-state index < -0.39 is 19.8 Å². The van der Waals surface area contributed by atoms with Gasteiger partial charge in [0.25, 0.3) is 0 Å². The fourth-order valence-electron chi connectivity index (χ4n) is 2.46. The Kier molecular flexibility index (Phi) is 4.21. The van der Waals surface area contributed by atoms with Crippen LogP contribution in [0.3, 0.4) is 0 Å². The van der Waals surface area contributed by atoms with Crippen LogP contribution >= 0.6 is 0 Å². The lowest BCUT2D eigenvalue weighted by atomic mass is 10.0. The Morgan fingerprint density at radius 3 is 2.09 bits per heavy atom. The van der Waals surface area contributed by atoms with E-state index in [-0.39, 0.29) is 0 Å². The lowest BCUT2D eigenvalue weighted by molar-refractivity contribution is -0.659. The summed E-state index contributed by atoms with van der Waals surface area (Å²) in [6.07, 6.45) is -2.20. The Labute approximate surface area is 130 Å². The molecule has 2 rings (SSSR count). The molecule has 5 heteroatoms. The minimum absolute atomic E-state index is 0.602. The number of halogens is 3. The van der Waals surface area contributed by atoms with E-state index in [4.69, 9.17) is 0 Å². The first kappa shape index (κ1) is 16.7. The van der Waals surface area contributed by atoms with E-state index in [1.807, 2.05) is 17.7 Å². The Bertz CT molecular complexity index is 639. The fraction of sp³-hybridized carbons (Fsp3) is 0.353. The molecule has 0 spiro atoms. The molecule has 1 aromatic heterocycles. The van der Waals surface area contributed by atoms with Crippen molar-refractivity contribution in [2.24, 2.45) is 7.05 Å². The number of aryl methyl sites for hydroxylation is 2.